The van der Waals surface area contributed by atoms with Gasteiger partial charge in [0.25, 0.3) is 0 Å². The van der Waals surface area contributed by atoms with Crippen molar-refractivity contribution in [2.75, 3.05) is 152 Å². The normalized spacial score (nSPS) is 16.2. The van der Waals surface area contributed by atoms with E-state index in [1.54, 1.807) is 14.2 Å². The van der Waals surface area contributed by atoms with Gasteiger partial charge in [0.05, 0.1) is 145 Å². The first kappa shape index (κ1) is 58.8. The third kappa shape index (κ3) is 17.6. The fourth-order valence-electron chi connectivity index (χ4n) is 9.51. The van der Waals surface area contributed by atoms with Crippen LogP contribution in [0.3, 0.4) is 0 Å². The second-order valence-corrected chi connectivity index (χ2v) is 18.5. The van der Waals surface area contributed by atoms with Crippen molar-refractivity contribution in [2.45, 2.75) is 45.1 Å². The highest BCUT2D eigenvalue weighted by Gasteiger charge is 2.49. The predicted molar refractivity (Wildman–Crippen MR) is 287 cm³/mol. The van der Waals surface area contributed by atoms with Crippen molar-refractivity contribution < 1.29 is 76.3 Å². The van der Waals surface area contributed by atoms with Crippen molar-refractivity contribution in [1.29, 1.82) is 0 Å². The van der Waals surface area contributed by atoms with Crippen molar-refractivity contribution >= 4 is 23.1 Å². The fraction of sp³-hybridized carbons (Fsp3) is 0.534. The minimum atomic E-state index is -0.529. The molecule has 0 aromatic heterocycles. The van der Waals surface area contributed by atoms with E-state index in [9.17, 15) is 14.7 Å². The van der Waals surface area contributed by atoms with Gasteiger partial charge < -0.3 is 72.0 Å². The number of hydrogen-bond donors (Lipinski definition) is 2. The number of carbonyl (C=O) groups is 2. The minimum Gasteiger partial charge on any atom is -0.497 e. The number of aryl methyl sites for hydroxylation is 1. The lowest BCUT2D eigenvalue weighted by molar-refractivity contribution is -0.124. The molecule has 7 rings (SSSR count). The summed E-state index contributed by atoms with van der Waals surface area (Å²) in [6.45, 7) is 9.75. The van der Waals surface area contributed by atoms with Gasteiger partial charge in [-0.15, -0.1) is 0 Å². The minimum absolute atomic E-state index is 0.0184. The van der Waals surface area contributed by atoms with E-state index in [4.69, 9.17) is 66.7 Å². The molecule has 4 aromatic carbocycles. The molecular weight excluding hydrogens is 995 g/mol. The zero-order chi connectivity index (χ0) is 54.0. The van der Waals surface area contributed by atoms with Crippen molar-refractivity contribution in [3.05, 3.63) is 106 Å². The Kier molecular flexibility index (Phi) is 24.5. The van der Waals surface area contributed by atoms with Gasteiger partial charge in [-0.2, -0.15) is 5.10 Å². The Labute approximate surface area is 452 Å². The molecule has 2 heterocycles. The number of nitrogens with zero attached hydrogens (tertiary/aromatic N) is 2. The van der Waals surface area contributed by atoms with E-state index in [-0.39, 0.29) is 37.4 Å². The second kappa shape index (κ2) is 32.1. The Morgan fingerprint density at radius 1 is 0.662 bits per heavy atom. The van der Waals surface area contributed by atoms with Crippen LogP contribution in [0.4, 0.5) is 5.69 Å². The van der Waals surface area contributed by atoms with Gasteiger partial charge in [-0.3, -0.25) is 14.6 Å². The van der Waals surface area contributed by atoms with Crippen LogP contribution in [0.15, 0.2) is 77.9 Å². The van der Waals surface area contributed by atoms with E-state index in [2.05, 4.69) is 36.5 Å². The monoisotopic (exact) mass is 1070 g/mol. The molecule has 0 spiro atoms. The first-order valence-corrected chi connectivity index (χ1v) is 26.6. The average molecular weight is 1070 g/mol. The van der Waals surface area contributed by atoms with Crippen molar-refractivity contribution in [2.24, 2.45) is 16.9 Å². The molecule has 4 aromatic rings. The Hall–Kier alpha value is -5.87. The van der Waals surface area contributed by atoms with E-state index >= 15 is 0 Å². The van der Waals surface area contributed by atoms with E-state index < -0.39 is 11.8 Å². The van der Waals surface area contributed by atoms with Gasteiger partial charge >= 0.3 is 0 Å². The van der Waals surface area contributed by atoms with Crippen LogP contribution in [0.5, 0.6) is 28.7 Å². The number of benzene rings is 4. The van der Waals surface area contributed by atoms with E-state index in [1.807, 2.05) is 53.5 Å². The zero-order valence-electron chi connectivity index (χ0n) is 45.1. The van der Waals surface area contributed by atoms with Crippen LogP contribution < -0.4 is 34.0 Å². The maximum Gasteiger partial charge on any atom is 0.231 e. The largest absolute Gasteiger partial charge is 0.497 e. The molecule has 420 valence electrons. The van der Waals surface area contributed by atoms with Crippen molar-refractivity contribution in [1.82, 2.24) is 5.32 Å². The van der Waals surface area contributed by atoms with Gasteiger partial charge in [-0.1, -0.05) is 29.8 Å². The highest BCUT2D eigenvalue weighted by atomic mass is 16.7. The molecule has 1 aliphatic carbocycles. The molecular formula is C58H77N3O16. The summed E-state index contributed by atoms with van der Waals surface area (Å²) in [6.07, 6.45) is 1.92. The lowest BCUT2D eigenvalue weighted by Crippen LogP contribution is -2.41. The molecule has 77 heavy (non-hydrogen) atoms. The molecule has 0 fully saturated rings. The molecule has 0 saturated heterocycles. The average Bonchev–Trinajstić information content (AvgIpc) is 4.17. The number of nitrogens with one attached hydrogen (secondary N) is 1. The number of aliphatic hydroxyl groups is 1. The molecule has 3 unspecified atom stereocenters. The quantitative estimate of drug-likeness (QED) is 0.0489. The summed E-state index contributed by atoms with van der Waals surface area (Å²) >= 11 is 0. The Balaban J connectivity index is 0.729. The van der Waals surface area contributed by atoms with Gasteiger partial charge in [0, 0.05) is 54.9 Å². The highest BCUT2D eigenvalue weighted by molar-refractivity contribution is 6.10. The standard InChI is InChI=1S/C58H77N3O16/c1-41-7-9-42(10-8-41)15-17-59-54(64)16-19-69-21-23-71-25-27-73-29-31-75-33-32-74-30-28-72-26-24-70-22-20-68-18-5-6-50(63)56-49-38-61(45-11-13-46(65-2)14-12-45)60-57(49)48-37-52-51(76-40-77-52)36-47(48)55(56)43-34-44(39-62)58(67-4)53(35-43)66-3/h7-14,34-37,49,55-56,62H,5-6,15-33,38-40H2,1-4H3,(H,59,64). The molecule has 3 atom stereocenters. The molecule has 19 heteroatoms. The number of carbonyl (C=O) groups excluding carboxylic acids is 2. The summed E-state index contributed by atoms with van der Waals surface area (Å²) in [4.78, 5) is 26.8. The molecule has 2 aliphatic heterocycles. The summed E-state index contributed by atoms with van der Waals surface area (Å²) in [6, 6.07) is 23.8. The Bertz CT molecular complexity index is 2430. The topological polar surface area (TPSA) is 202 Å². The fourth-order valence-corrected chi connectivity index (χ4v) is 9.51. The Morgan fingerprint density at radius 3 is 1.79 bits per heavy atom. The van der Waals surface area contributed by atoms with Crippen molar-refractivity contribution in [3.8, 4) is 28.7 Å². The van der Waals surface area contributed by atoms with Gasteiger partial charge in [0.15, 0.2) is 23.0 Å². The first-order chi connectivity index (χ1) is 37.8. The summed E-state index contributed by atoms with van der Waals surface area (Å²) < 4.78 is 73.6. The summed E-state index contributed by atoms with van der Waals surface area (Å²) in [5.74, 6) is 1.65. The zero-order valence-corrected chi connectivity index (χ0v) is 45.1. The van der Waals surface area contributed by atoms with E-state index in [0.717, 1.165) is 40.3 Å². The summed E-state index contributed by atoms with van der Waals surface area (Å²) in [7, 11) is 4.73. The molecule has 1 amide bonds. The number of ketones is 1. The molecule has 3 aliphatic rings. The van der Waals surface area contributed by atoms with Gasteiger partial charge in [-0.25, -0.2) is 0 Å². The molecule has 0 saturated carbocycles. The summed E-state index contributed by atoms with van der Waals surface area (Å²) in [5.41, 5.74) is 7.22. The number of rotatable bonds is 38. The SMILES string of the molecule is COc1ccc(N2CC3C(=N2)c2cc4c(cc2C(c2cc(CO)c(OC)c(OC)c2)C3C(=O)CCCOCCOCCOCCOCCOCCOCCOCCOCCC(=O)NCCc2ccc(C)cc2)OCO4)cc1. The number of amides is 1. The number of ether oxygens (including phenoxy) is 13. The van der Waals surface area contributed by atoms with Gasteiger partial charge in [0.2, 0.25) is 12.7 Å². The van der Waals surface area contributed by atoms with Crippen LogP contribution in [-0.2, 0) is 60.5 Å². The number of fused-ring (bicyclic) bond motifs is 4. The van der Waals surface area contributed by atoms with Crippen LogP contribution in [0, 0.1) is 18.8 Å². The number of Topliss-reactive ketones (excluding diaryl/α,β-unsaturated/α-hetero) is 1. The predicted octanol–water partition coefficient (Wildman–Crippen LogP) is 6.08. The molecule has 2 N–H and O–H groups in total. The Morgan fingerprint density at radius 2 is 1.23 bits per heavy atom. The molecule has 0 radical (unpaired) electrons. The maximum absolute atomic E-state index is 14.8. The number of hydrazone groups is 1. The smallest absolute Gasteiger partial charge is 0.231 e. The number of aliphatic hydroxyl groups excluding tert-OH is 1. The molecule has 19 nitrogen and oxygen atoms in total. The second-order valence-electron chi connectivity index (χ2n) is 18.5. The molecule has 0 bridgehead atoms. The number of methoxy groups -OCH3 is 3. The van der Waals surface area contributed by atoms with Crippen LogP contribution >= 0.6 is 0 Å². The van der Waals surface area contributed by atoms with Gasteiger partial charge in [-0.05, 0) is 85.0 Å². The first-order valence-electron chi connectivity index (χ1n) is 26.6. The summed E-state index contributed by atoms with van der Waals surface area (Å²) in [5, 5.41) is 20.5. The third-order valence-electron chi connectivity index (χ3n) is 13.4. The number of hydrogen-bond acceptors (Lipinski definition) is 18. The highest BCUT2D eigenvalue weighted by Crippen LogP contribution is 2.52. The van der Waals surface area contributed by atoms with Gasteiger partial charge in [0.1, 0.15) is 11.5 Å². The maximum atomic E-state index is 14.8. The third-order valence-corrected chi connectivity index (χ3v) is 13.4. The van der Waals surface area contributed by atoms with Crippen molar-refractivity contribution in [3.63, 3.8) is 0 Å². The number of anilines is 1. The van der Waals surface area contributed by atoms with E-state index in [0.29, 0.717) is 160 Å². The van der Waals surface area contributed by atoms with Crippen LogP contribution in [0.1, 0.15) is 58.6 Å². The van der Waals surface area contributed by atoms with Crippen LogP contribution in [0.25, 0.3) is 0 Å². The van der Waals surface area contributed by atoms with Crippen LogP contribution in [-0.4, -0.2) is 169 Å². The lowest BCUT2D eigenvalue weighted by atomic mass is 9.63. The van der Waals surface area contributed by atoms with Crippen LogP contribution in [0.2, 0.25) is 0 Å². The lowest BCUT2D eigenvalue weighted by Gasteiger charge is -2.38. The van der Waals surface area contributed by atoms with E-state index in [1.165, 1.54) is 18.2 Å².